The number of rotatable bonds is 6. The van der Waals surface area contributed by atoms with Crippen molar-refractivity contribution >= 4 is 5.91 Å². The minimum absolute atomic E-state index is 0.0648. The molecule has 0 heterocycles. The Morgan fingerprint density at radius 1 is 1.19 bits per heavy atom. The average Bonchev–Trinajstić information content (AvgIpc) is 3.01. The van der Waals surface area contributed by atoms with Crippen LogP contribution in [-0.2, 0) is 4.79 Å². The summed E-state index contributed by atoms with van der Waals surface area (Å²) in [6.45, 7) is 1.64. The Balaban J connectivity index is 2.09. The molecule has 0 radical (unpaired) electrons. The standard InChI is InChI=1S/C17H27N3O/c1-19(2)12-13-20(15-10-6-7-11-15)17(21)16(18)14-8-4-3-5-9-14/h3-5,8-9,15-16H,6-7,10-13,18H2,1-2H3/t16-/m0/s1. The minimum Gasteiger partial charge on any atom is -0.337 e. The van der Waals surface area contributed by atoms with Crippen LogP contribution in [0.5, 0.6) is 0 Å². The van der Waals surface area contributed by atoms with Crippen LogP contribution in [0.3, 0.4) is 0 Å². The van der Waals surface area contributed by atoms with Crippen molar-refractivity contribution in [1.82, 2.24) is 9.80 Å². The fraction of sp³-hybridized carbons (Fsp3) is 0.588. The first kappa shape index (κ1) is 16.0. The Hall–Kier alpha value is -1.39. The van der Waals surface area contributed by atoms with Crippen molar-refractivity contribution in [1.29, 1.82) is 0 Å². The number of nitrogens with zero attached hydrogens (tertiary/aromatic N) is 2. The van der Waals surface area contributed by atoms with Crippen molar-refractivity contribution in [2.24, 2.45) is 5.73 Å². The van der Waals surface area contributed by atoms with E-state index in [0.717, 1.165) is 31.5 Å². The molecular weight excluding hydrogens is 262 g/mol. The van der Waals surface area contributed by atoms with E-state index in [9.17, 15) is 4.79 Å². The van der Waals surface area contributed by atoms with Gasteiger partial charge in [0.15, 0.2) is 0 Å². The molecule has 1 aromatic rings. The number of hydrogen-bond acceptors (Lipinski definition) is 3. The second kappa shape index (κ2) is 7.57. The monoisotopic (exact) mass is 289 g/mol. The van der Waals surface area contributed by atoms with E-state index in [1.807, 2.05) is 49.3 Å². The zero-order valence-corrected chi connectivity index (χ0v) is 13.2. The summed E-state index contributed by atoms with van der Waals surface area (Å²) < 4.78 is 0. The van der Waals surface area contributed by atoms with Crippen molar-refractivity contribution in [3.8, 4) is 0 Å². The Labute approximate surface area is 127 Å². The summed E-state index contributed by atoms with van der Waals surface area (Å²) in [5.74, 6) is 0.0648. The maximum Gasteiger partial charge on any atom is 0.244 e. The summed E-state index contributed by atoms with van der Waals surface area (Å²) in [5, 5.41) is 0. The summed E-state index contributed by atoms with van der Waals surface area (Å²) in [6.07, 6.45) is 4.66. The first-order chi connectivity index (χ1) is 10.1. The van der Waals surface area contributed by atoms with Gasteiger partial charge in [0.2, 0.25) is 5.91 Å². The molecule has 1 atom stereocenters. The summed E-state index contributed by atoms with van der Waals surface area (Å²) >= 11 is 0. The number of carbonyl (C=O) groups excluding carboxylic acids is 1. The van der Waals surface area contributed by atoms with Gasteiger partial charge in [-0.3, -0.25) is 4.79 Å². The molecule has 1 aliphatic carbocycles. The number of nitrogens with two attached hydrogens (primary N) is 1. The summed E-state index contributed by atoms with van der Waals surface area (Å²) in [4.78, 5) is 17.0. The van der Waals surface area contributed by atoms with Gasteiger partial charge in [-0.15, -0.1) is 0 Å². The highest BCUT2D eigenvalue weighted by Gasteiger charge is 2.30. The van der Waals surface area contributed by atoms with Gasteiger partial charge >= 0.3 is 0 Å². The van der Waals surface area contributed by atoms with Crippen LogP contribution < -0.4 is 5.73 Å². The van der Waals surface area contributed by atoms with Crippen molar-refractivity contribution in [3.63, 3.8) is 0 Å². The normalized spacial score (nSPS) is 17.1. The first-order valence-corrected chi connectivity index (χ1v) is 7.85. The van der Waals surface area contributed by atoms with E-state index in [4.69, 9.17) is 5.73 Å². The highest BCUT2D eigenvalue weighted by atomic mass is 16.2. The van der Waals surface area contributed by atoms with E-state index in [-0.39, 0.29) is 5.91 Å². The molecule has 0 spiro atoms. The summed E-state index contributed by atoms with van der Waals surface area (Å²) in [6, 6.07) is 9.50. The second-order valence-electron chi connectivity index (χ2n) is 6.16. The van der Waals surface area contributed by atoms with Crippen LogP contribution in [-0.4, -0.2) is 48.9 Å². The highest BCUT2D eigenvalue weighted by molar-refractivity contribution is 5.83. The molecule has 0 saturated heterocycles. The van der Waals surface area contributed by atoms with Crippen LogP contribution in [0.4, 0.5) is 0 Å². The van der Waals surface area contributed by atoms with Gasteiger partial charge in [0.25, 0.3) is 0 Å². The third-order valence-corrected chi connectivity index (χ3v) is 4.26. The van der Waals surface area contributed by atoms with E-state index in [1.54, 1.807) is 0 Å². The van der Waals surface area contributed by atoms with Gasteiger partial charge in [0, 0.05) is 19.1 Å². The maximum atomic E-state index is 12.8. The Kier molecular flexibility index (Phi) is 5.76. The molecule has 21 heavy (non-hydrogen) atoms. The van der Waals surface area contributed by atoms with Crippen LogP contribution >= 0.6 is 0 Å². The fourth-order valence-corrected chi connectivity index (χ4v) is 2.98. The fourth-order valence-electron chi connectivity index (χ4n) is 2.98. The quantitative estimate of drug-likeness (QED) is 0.871. The van der Waals surface area contributed by atoms with E-state index in [1.165, 1.54) is 12.8 Å². The number of likely N-dealkylation sites (N-methyl/N-ethyl adjacent to an activating group) is 1. The van der Waals surface area contributed by atoms with Crippen molar-refractivity contribution in [3.05, 3.63) is 35.9 Å². The third kappa shape index (κ3) is 4.29. The molecule has 2 N–H and O–H groups in total. The molecule has 4 heteroatoms. The molecular formula is C17H27N3O. The molecule has 0 aromatic heterocycles. The van der Waals surface area contributed by atoms with Gasteiger partial charge in [-0.1, -0.05) is 43.2 Å². The van der Waals surface area contributed by atoms with E-state index in [0.29, 0.717) is 6.04 Å². The largest absolute Gasteiger partial charge is 0.337 e. The number of benzene rings is 1. The van der Waals surface area contributed by atoms with Crippen LogP contribution in [0.1, 0.15) is 37.3 Å². The van der Waals surface area contributed by atoms with Gasteiger partial charge in [-0.25, -0.2) is 0 Å². The molecule has 1 aromatic carbocycles. The van der Waals surface area contributed by atoms with Gasteiger partial charge in [-0.2, -0.15) is 0 Å². The number of hydrogen-bond donors (Lipinski definition) is 1. The predicted octanol–water partition coefficient (Wildman–Crippen LogP) is 2.02. The third-order valence-electron chi connectivity index (χ3n) is 4.26. The average molecular weight is 289 g/mol. The summed E-state index contributed by atoms with van der Waals surface area (Å²) in [5.41, 5.74) is 7.11. The van der Waals surface area contributed by atoms with Crippen molar-refractivity contribution in [2.75, 3.05) is 27.2 Å². The lowest BCUT2D eigenvalue weighted by atomic mass is 10.0. The summed E-state index contributed by atoms with van der Waals surface area (Å²) in [7, 11) is 4.07. The Morgan fingerprint density at radius 2 is 1.81 bits per heavy atom. The maximum absolute atomic E-state index is 12.8. The molecule has 1 aliphatic rings. The predicted molar refractivity (Wildman–Crippen MR) is 85.9 cm³/mol. The van der Waals surface area contributed by atoms with Crippen LogP contribution in [0.15, 0.2) is 30.3 Å². The lowest BCUT2D eigenvalue weighted by Crippen LogP contribution is -2.46. The van der Waals surface area contributed by atoms with Crippen LogP contribution in [0, 0.1) is 0 Å². The SMILES string of the molecule is CN(C)CCN(C(=O)[C@@H](N)c1ccccc1)C1CCCC1. The topological polar surface area (TPSA) is 49.6 Å². The molecule has 0 bridgehead atoms. The van der Waals surface area contributed by atoms with Crippen LogP contribution in [0.2, 0.25) is 0 Å². The lowest BCUT2D eigenvalue weighted by Gasteiger charge is -2.32. The van der Waals surface area contributed by atoms with Gasteiger partial charge in [0.1, 0.15) is 6.04 Å². The molecule has 0 unspecified atom stereocenters. The van der Waals surface area contributed by atoms with E-state index in [2.05, 4.69) is 4.90 Å². The number of carbonyl (C=O) groups is 1. The molecule has 0 aliphatic heterocycles. The van der Waals surface area contributed by atoms with Gasteiger partial charge < -0.3 is 15.5 Å². The number of amides is 1. The van der Waals surface area contributed by atoms with Crippen molar-refractivity contribution in [2.45, 2.75) is 37.8 Å². The van der Waals surface area contributed by atoms with Gasteiger partial charge in [-0.05, 0) is 32.5 Å². The molecule has 1 saturated carbocycles. The zero-order valence-electron chi connectivity index (χ0n) is 13.2. The Bertz CT molecular complexity index is 441. The molecule has 1 fully saturated rings. The molecule has 1 amide bonds. The molecule has 2 rings (SSSR count). The van der Waals surface area contributed by atoms with E-state index < -0.39 is 6.04 Å². The Morgan fingerprint density at radius 3 is 2.38 bits per heavy atom. The first-order valence-electron chi connectivity index (χ1n) is 7.85. The highest BCUT2D eigenvalue weighted by Crippen LogP contribution is 2.25. The van der Waals surface area contributed by atoms with Crippen molar-refractivity contribution < 1.29 is 4.79 Å². The smallest absolute Gasteiger partial charge is 0.244 e. The van der Waals surface area contributed by atoms with Gasteiger partial charge in [0.05, 0.1) is 0 Å². The second-order valence-corrected chi connectivity index (χ2v) is 6.16. The lowest BCUT2D eigenvalue weighted by molar-refractivity contribution is -0.135. The van der Waals surface area contributed by atoms with E-state index >= 15 is 0 Å². The molecule has 116 valence electrons. The van der Waals surface area contributed by atoms with Crippen LogP contribution in [0.25, 0.3) is 0 Å². The zero-order chi connectivity index (χ0) is 15.2. The minimum atomic E-state index is -0.547. The molecule has 4 nitrogen and oxygen atoms in total.